The van der Waals surface area contributed by atoms with E-state index in [4.69, 9.17) is 27.9 Å². The van der Waals surface area contributed by atoms with Gasteiger partial charge in [-0.2, -0.15) is 18.2 Å². The van der Waals surface area contributed by atoms with Crippen LogP contribution in [0, 0.1) is 0 Å². The van der Waals surface area contributed by atoms with E-state index in [2.05, 4.69) is 9.97 Å². The summed E-state index contributed by atoms with van der Waals surface area (Å²) in [6, 6.07) is 5.45. The number of ether oxygens (including phenoxy) is 1. The molecule has 0 aliphatic heterocycles. The fraction of sp³-hybridized carbons (Fsp3) is 0.231. The molecule has 0 bridgehead atoms. The molecule has 1 aromatic heterocycles. The molecule has 112 valence electrons. The zero-order chi connectivity index (χ0) is 15.6. The predicted octanol–water partition coefficient (Wildman–Crippen LogP) is 5.16. The summed E-state index contributed by atoms with van der Waals surface area (Å²) in [5, 5.41) is 0.0195. The fourth-order valence-electron chi connectivity index (χ4n) is 1.60. The Morgan fingerprint density at radius 1 is 1.14 bits per heavy atom. The quantitative estimate of drug-likeness (QED) is 0.726. The van der Waals surface area contributed by atoms with E-state index in [9.17, 15) is 13.2 Å². The Balaban J connectivity index is 2.33. The summed E-state index contributed by atoms with van der Waals surface area (Å²) in [5.74, 6) is 0.0332. The Morgan fingerprint density at radius 3 is 2.48 bits per heavy atom. The zero-order valence-corrected chi connectivity index (χ0v) is 12.2. The van der Waals surface area contributed by atoms with E-state index < -0.39 is 17.2 Å². The van der Waals surface area contributed by atoms with Gasteiger partial charge in [-0.1, -0.05) is 18.5 Å². The van der Waals surface area contributed by atoms with Crippen LogP contribution in [0.15, 0.2) is 24.3 Å². The van der Waals surface area contributed by atoms with Gasteiger partial charge in [0.25, 0.3) is 0 Å². The molecule has 0 saturated heterocycles. The molecule has 0 aliphatic rings. The second-order valence-electron chi connectivity index (χ2n) is 4.07. The van der Waals surface area contributed by atoms with Crippen molar-refractivity contribution in [3.8, 4) is 11.6 Å². The van der Waals surface area contributed by atoms with Crippen LogP contribution in [0.2, 0.25) is 10.3 Å². The fourth-order valence-corrected chi connectivity index (χ4v) is 2.03. The average Bonchev–Trinajstić information content (AvgIpc) is 2.39. The Hall–Kier alpha value is -1.53. The number of hydrogen-bond acceptors (Lipinski definition) is 3. The summed E-state index contributed by atoms with van der Waals surface area (Å²) in [4.78, 5) is 6.74. The van der Waals surface area contributed by atoms with Crippen LogP contribution < -0.4 is 4.74 Å². The lowest BCUT2D eigenvalue weighted by molar-refractivity contribution is -0.141. The lowest BCUT2D eigenvalue weighted by atomic mass is 10.1. The molecule has 3 nitrogen and oxygen atoms in total. The van der Waals surface area contributed by atoms with Crippen molar-refractivity contribution >= 4 is 23.2 Å². The van der Waals surface area contributed by atoms with Crippen LogP contribution in [0.25, 0.3) is 0 Å². The van der Waals surface area contributed by atoms with Crippen molar-refractivity contribution in [2.24, 2.45) is 0 Å². The molecule has 0 radical (unpaired) electrons. The number of rotatable bonds is 3. The van der Waals surface area contributed by atoms with Crippen LogP contribution in [0.5, 0.6) is 11.6 Å². The molecule has 0 N–H and O–H groups in total. The highest BCUT2D eigenvalue weighted by atomic mass is 35.5. The first-order valence-electron chi connectivity index (χ1n) is 5.87. The summed E-state index contributed by atoms with van der Waals surface area (Å²) >= 11 is 11.4. The molecule has 21 heavy (non-hydrogen) atoms. The van der Waals surface area contributed by atoms with Crippen LogP contribution in [0.4, 0.5) is 13.2 Å². The van der Waals surface area contributed by atoms with E-state index in [-0.39, 0.29) is 5.88 Å². The van der Waals surface area contributed by atoms with Gasteiger partial charge < -0.3 is 4.74 Å². The monoisotopic (exact) mass is 336 g/mol. The maximum Gasteiger partial charge on any atom is 0.433 e. The van der Waals surface area contributed by atoms with Crippen molar-refractivity contribution in [1.29, 1.82) is 0 Å². The summed E-state index contributed by atoms with van der Waals surface area (Å²) in [7, 11) is 0. The van der Waals surface area contributed by atoms with Crippen LogP contribution in [-0.2, 0) is 12.6 Å². The normalized spacial score (nSPS) is 11.5. The van der Waals surface area contributed by atoms with Crippen LogP contribution in [0.3, 0.4) is 0 Å². The van der Waals surface area contributed by atoms with E-state index in [1.807, 2.05) is 6.92 Å². The van der Waals surface area contributed by atoms with Gasteiger partial charge in [0.05, 0.1) is 0 Å². The van der Waals surface area contributed by atoms with Gasteiger partial charge in [0.15, 0.2) is 5.69 Å². The van der Waals surface area contributed by atoms with Crippen molar-refractivity contribution < 1.29 is 17.9 Å². The largest absolute Gasteiger partial charge is 0.439 e. The molecule has 0 saturated carbocycles. The number of nitrogens with zero attached hydrogens (tertiary/aromatic N) is 2. The number of alkyl halides is 3. The number of aromatic nitrogens is 2. The highest BCUT2D eigenvalue weighted by Gasteiger charge is 2.34. The van der Waals surface area contributed by atoms with Gasteiger partial charge in [0, 0.05) is 11.1 Å². The lowest BCUT2D eigenvalue weighted by Crippen LogP contribution is -2.09. The molecule has 0 fully saturated rings. The van der Waals surface area contributed by atoms with Crippen molar-refractivity contribution in [2.75, 3.05) is 0 Å². The summed E-state index contributed by atoms with van der Waals surface area (Å²) in [5.41, 5.74) is -0.354. The van der Waals surface area contributed by atoms with E-state index in [0.29, 0.717) is 23.3 Å². The van der Waals surface area contributed by atoms with Crippen molar-refractivity contribution in [3.05, 3.63) is 45.8 Å². The molecular weight excluding hydrogens is 328 g/mol. The second kappa shape index (κ2) is 6.07. The smallest absolute Gasteiger partial charge is 0.433 e. The van der Waals surface area contributed by atoms with Crippen LogP contribution >= 0.6 is 23.2 Å². The standard InChI is InChI=1S/C13H9Cl2F3N2O/c1-2-7-5-8(3-4-9(7)14)21-11-6-10(13(16,17)18)19-12(15)20-11/h3-6H,2H2,1H3. The Morgan fingerprint density at radius 2 is 1.86 bits per heavy atom. The molecule has 8 heteroatoms. The number of aryl methyl sites for hydroxylation is 1. The molecule has 1 aromatic carbocycles. The third-order valence-electron chi connectivity index (χ3n) is 2.59. The number of halogens is 5. The minimum absolute atomic E-state index is 0.285. The first-order valence-corrected chi connectivity index (χ1v) is 6.63. The SMILES string of the molecule is CCc1cc(Oc2cc(C(F)(F)F)nc(Cl)n2)ccc1Cl. The highest BCUT2D eigenvalue weighted by molar-refractivity contribution is 6.31. The minimum atomic E-state index is -4.63. The Labute approximate surface area is 128 Å². The summed E-state index contributed by atoms with van der Waals surface area (Å²) in [6.45, 7) is 1.90. The lowest BCUT2D eigenvalue weighted by Gasteiger charge is -2.10. The van der Waals surface area contributed by atoms with Crippen molar-refractivity contribution in [3.63, 3.8) is 0 Å². The van der Waals surface area contributed by atoms with Crippen molar-refractivity contribution in [2.45, 2.75) is 19.5 Å². The molecular formula is C13H9Cl2F3N2O. The van der Waals surface area contributed by atoms with Gasteiger partial charge >= 0.3 is 6.18 Å². The van der Waals surface area contributed by atoms with Crippen molar-refractivity contribution in [1.82, 2.24) is 9.97 Å². The molecule has 2 aromatic rings. The average molecular weight is 337 g/mol. The Kier molecular flexibility index (Phi) is 4.58. The zero-order valence-electron chi connectivity index (χ0n) is 10.7. The maximum absolute atomic E-state index is 12.6. The third-order valence-corrected chi connectivity index (χ3v) is 3.12. The first kappa shape index (κ1) is 15.9. The highest BCUT2D eigenvalue weighted by Crippen LogP contribution is 2.32. The molecule has 0 spiro atoms. The molecule has 0 aliphatic carbocycles. The van der Waals surface area contributed by atoms with E-state index in [0.717, 1.165) is 5.56 Å². The Bertz CT molecular complexity index is 662. The number of benzene rings is 1. The summed E-state index contributed by atoms with van der Waals surface area (Å²) in [6.07, 6.45) is -3.96. The maximum atomic E-state index is 12.6. The van der Waals surface area contributed by atoms with Gasteiger partial charge in [0.1, 0.15) is 5.75 Å². The van der Waals surface area contributed by atoms with Gasteiger partial charge in [-0.15, -0.1) is 0 Å². The molecule has 0 unspecified atom stereocenters. The van der Waals surface area contributed by atoms with Gasteiger partial charge in [-0.05, 0) is 41.8 Å². The van der Waals surface area contributed by atoms with E-state index >= 15 is 0 Å². The van der Waals surface area contributed by atoms with Crippen LogP contribution in [0.1, 0.15) is 18.2 Å². The van der Waals surface area contributed by atoms with E-state index in [1.165, 1.54) is 6.07 Å². The van der Waals surface area contributed by atoms with Gasteiger partial charge in [0.2, 0.25) is 11.2 Å². The molecule has 0 amide bonds. The minimum Gasteiger partial charge on any atom is -0.439 e. The first-order chi connectivity index (χ1) is 9.79. The van der Waals surface area contributed by atoms with E-state index in [1.54, 1.807) is 12.1 Å². The predicted molar refractivity (Wildman–Crippen MR) is 72.9 cm³/mol. The van der Waals surface area contributed by atoms with Crippen LogP contribution in [-0.4, -0.2) is 9.97 Å². The molecule has 1 heterocycles. The summed E-state index contributed by atoms with van der Waals surface area (Å²) < 4.78 is 43.2. The second-order valence-corrected chi connectivity index (χ2v) is 4.81. The van der Waals surface area contributed by atoms with Gasteiger partial charge in [-0.3, -0.25) is 0 Å². The van der Waals surface area contributed by atoms with Gasteiger partial charge in [-0.25, -0.2) is 4.98 Å². The third kappa shape index (κ3) is 3.98. The number of hydrogen-bond donors (Lipinski definition) is 0. The molecule has 0 atom stereocenters. The topological polar surface area (TPSA) is 35.0 Å². The molecule has 2 rings (SSSR count).